The van der Waals surface area contributed by atoms with Crippen molar-refractivity contribution in [2.45, 2.75) is 33.7 Å². The molecule has 0 fully saturated rings. The minimum atomic E-state index is -0.251. The van der Waals surface area contributed by atoms with Crippen LogP contribution in [0.1, 0.15) is 38.4 Å². The van der Waals surface area contributed by atoms with Gasteiger partial charge in [0.05, 0.1) is 6.54 Å². The van der Waals surface area contributed by atoms with E-state index in [4.69, 9.17) is 0 Å². The summed E-state index contributed by atoms with van der Waals surface area (Å²) in [6.07, 6.45) is 0.825. The number of hydrogen-bond donors (Lipinski definition) is 3. The lowest BCUT2D eigenvalue weighted by molar-refractivity contribution is -0.116. The smallest absolute Gasteiger partial charge is 0.274 e. The summed E-state index contributed by atoms with van der Waals surface area (Å²) in [4.78, 5) is 26.5. The molecule has 0 aliphatic carbocycles. The molecular weight excluding hydrogens is 366 g/mol. The van der Waals surface area contributed by atoms with Crippen molar-refractivity contribution >= 4 is 29.9 Å². The summed E-state index contributed by atoms with van der Waals surface area (Å²) >= 11 is 0. The number of anilines is 1. The summed E-state index contributed by atoms with van der Waals surface area (Å²) in [6.45, 7) is 7.42. The number of amides is 2. The van der Waals surface area contributed by atoms with Crippen molar-refractivity contribution in [1.29, 1.82) is 0 Å². The summed E-state index contributed by atoms with van der Waals surface area (Å²) in [5, 5.41) is 13.3. The summed E-state index contributed by atoms with van der Waals surface area (Å²) in [5.74, 6) is -0.475. The molecule has 2 heterocycles. The number of aromatic nitrogens is 2. The lowest BCUT2D eigenvalue weighted by Crippen LogP contribution is -2.36. The van der Waals surface area contributed by atoms with Crippen LogP contribution >= 0.6 is 12.4 Å². The van der Waals surface area contributed by atoms with Gasteiger partial charge in [-0.05, 0) is 31.9 Å². The van der Waals surface area contributed by atoms with E-state index >= 15 is 0 Å². The molecule has 0 saturated heterocycles. The van der Waals surface area contributed by atoms with Crippen molar-refractivity contribution < 1.29 is 9.59 Å². The molecule has 0 atom stereocenters. The van der Waals surface area contributed by atoms with Crippen LogP contribution in [-0.4, -0.2) is 47.0 Å². The van der Waals surface area contributed by atoms with Crippen LogP contribution in [0.4, 0.5) is 5.69 Å². The van der Waals surface area contributed by atoms with Crippen LogP contribution < -0.4 is 10.6 Å². The zero-order valence-electron chi connectivity index (χ0n) is 16.1. The van der Waals surface area contributed by atoms with Gasteiger partial charge in [-0.2, -0.15) is 5.10 Å². The molecule has 8 heteroatoms. The Labute approximate surface area is 165 Å². The number of carbonyl (C=O) groups excluding carboxylic acids is 2. The van der Waals surface area contributed by atoms with Gasteiger partial charge in [0.1, 0.15) is 0 Å². The highest BCUT2D eigenvalue weighted by Gasteiger charge is 2.25. The first-order valence-corrected chi connectivity index (χ1v) is 8.76. The van der Waals surface area contributed by atoms with Crippen molar-refractivity contribution in [3.05, 3.63) is 45.8 Å². The number of nitrogens with one attached hydrogen (secondary N) is 3. The molecule has 2 aromatic rings. The fraction of sp³-hybridized carbons (Fsp3) is 0.421. The Kier molecular flexibility index (Phi) is 6.62. The Bertz CT molecular complexity index is 839. The number of H-pyrrole nitrogens is 1. The molecule has 1 aliphatic rings. The molecule has 0 saturated carbocycles. The first-order chi connectivity index (χ1) is 12.4. The molecule has 0 radical (unpaired) electrons. The summed E-state index contributed by atoms with van der Waals surface area (Å²) in [5.41, 5.74) is 6.28. The molecular formula is C19H26ClN5O2. The maximum atomic E-state index is 12.7. The van der Waals surface area contributed by atoms with Crippen molar-refractivity contribution in [3.8, 4) is 0 Å². The Balaban J connectivity index is 0.00000261. The van der Waals surface area contributed by atoms with Crippen molar-refractivity contribution in [3.63, 3.8) is 0 Å². The molecule has 2 amide bonds. The van der Waals surface area contributed by atoms with Gasteiger partial charge >= 0.3 is 0 Å². The van der Waals surface area contributed by atoms with E-state index in [9.17, 15) is 9.59 Å². The first-order valence-electron chi connectivity index (χ1n) is 8.76. The van der Waals surface area contributed by atoms with Crippen LogP contribution in [0.2, 0.25) is 0 Å². The highest BCUT2D eigenvalue weighted by molar-refractivity contribution is 5.99. The van der Waals surface area contributed by atoms with Gasteiger partial charge in [-0.3, -0.25) is 14.7 Å². The number of rotatable bonds is 4. The quantitative estimate of drug-likeness (QED) is 0.744. The largest absolute Gasteiger partial charge is 0.331 e. The molecule has 1 aliphatic heterocycles. The van der Waals surface area contributed by atoms with E-state index in [-0.39, 0.29) is 30.8 Å². The fourth-order valence-corrected chi connectivity index (χ4v) is 3.43. The number of likely N-dealkylation sites (N-methyl/N-ethyl adjacent to an activating group) is 1. The number of aryl methyl sites for hydroxylation is 3. The predicted octanol–water partition coefficient (Wildman–Crippen LogP) is 2.11. The number of hydrogen-bond acceptors (Lipinski definition) is 4. The van der Waals surface area contributed by atoms with Gasteiger partial charge in [-0.15, -0.1) is 12.4 Å². The number of carbonyl (C=O) groups is 2. The highest BCUT2D eigenvalue weighted by Crippen LogP contribution is 2.22. The van der Waals surface area contributed by atoms with E-state index in [1.165, 1.54) is 4.90 Å². The second-order valence-electron chi connectivity index (χ2n) is 6.94. The zero-order chi connectivity index (χ0) is 18.8. The average Bonchev–Trinajstić information content (AvgIpc) is 3.01. The van der Waals surface area contributed by atoms with Gasteiger partial charge in [-0.1, -0.05) is 17.7 Å². The van der Waals surface area contributed by atoms with Gasteiger partial charge in [0, 0.05) is 43.5 Å². The molecule has 0 spiro atoms. The van der Waals surface area contributed by atoms with Crippen LogP contribution in [0.3, 0.4) is 0 Å². The third kappa shape index (κ3) is 4.48. The van der Waals surface area contributed by atoms with Crippen LogP contribution in [0.15, 0.2) is 12.1 Å². The maximum Gasteiger partial charge on any atom is 0.274 e. The minimum absolute atomic E-state index is 0. The lowest BCUT2D eigenvalue weighted by Gasteiger charge is -2.19. The van der Waals surface area contributed by atoms with Gasteiger partial charge in [0.15, 0.2) is 5.69 Å². The second-order valence-corrected chi connectivity index (χ2v) is 6.94. The van der Waals surface area contributed by atoms with Gasteiger partial charge < -0.3 is 15.5 Å². The summed E-state index contributed by atoms with van der Waals surface area (Å²) < 4.78 is 0. The van der Waals surface area contributed by atoms with E-state index < -0.39 is 0 Å². The number of benzene rings is 1. The summed E-state index contributed by atoms with van der Waals surface area (Å²) in [6, 6.07) is 4.06. The predicted molar refractivity (Wildman–Crippen MR) is 107 cm³/mol. The van der Waals surface area contributed by atoms with Crippen LogP contribution in [0, 0.1) is 20.8 Å². The Morgan fingerprint density at radius 2 is 1.89 bits per heavy atom. The van der Waals surface area contributed by atoms with Crippen molar-refractivity contribution in [2.24, 2.45) is 0 Å². The van der Waals surface area contributed by atoms with Crippen molar-refractivity contribution in [1.82, 2.24) is 20.4 Å². The first kappa shape index (κ1) is 20.9. The van der Waals surface area contributed by atoms with Crippen LogP contribution in [0.25, 0.3) is 0 Å². The number of halogens is 1. The molecule has 0 unspecified atom stereocenters. The average molecular weight is 392 g/mol. The SMILES string of the molecule is Cc1cc(C)c(NC(=O)CN(C)C(=O)c2n[nH]c3c2CNCC3)c(C)c1.Cl. The fourth-order valence-electron chi connectivity index (χ4n) is 3.43. The number of nitrogens with zero attached hydrogens (tertiary/aromatic N) is 2. The molecule has 146 valence electrons. The third-order valence-corrected chi connectivity index (χ3v) is 4.68. The van der Waals surface area contributed by atoms with E-state index in [1.807, 2.05) is 32.9 Å². The Morgan fingerprint density at radius 3 is 2.56 bits per heavy atom. The van der Waals surface area contributed by atoms with Crippen molar-refractivity contribution in [2.75, 3.05) is 25.5 Å². The third-order valence-electron chi connectivity index (χ3n) is 4.68. The lowest BCUT2D eigenvalue weighted by atomic mass is 10.1. The molecule has 1 aromatic carbocycles. The molecule has 27 heavy (non-hydrogen) atoms. The van der Waals surface area contributed by atoms with Gasteiger partial charge in [0.25, 0.3) is 5.91 Å². The minimum Gasteiger partial charge on any atom is -0.331 e. The topological polar surface area (TPSA) is 90.1 Å². The molecule has 0 bridgehead atoms. The van der Waals surface area contributed by atoms with Crippen LogP contribution in [-0.2, 0) is 17.8 Å². The normalized spacial score (nSPS) is 12.7. The Hall–Kier alpha value is -2.38. The van der Waals surface area contributed by atoms with E-state index in [2.05, 4.69) is 20.8 Å². The van der Waals surface area contributed by atoms with E-state index in [1.54, 1.807) is 7.05 Å². The van der Waals surface area contributed by atoms with Gasteiger partial charge in [-0.25, -0.2) is 0 Å². The molecule has 3 rings (SSSR count). The monoisotopic (exact) mass is 391 g/mol. The zero-order valence-corrected chi connectivity index (χ0v) is 16.9. The standard InChI is InChI=1S/C19H25N5O2.ClH/c1-11-7-12(2)17(13(3)8-11)21-16(25)10-24(4)19(26)18-14-9-20-6-5-15(14)22-23-18;/h7-8,20H,5-6,9-10H2,1-4H3,(H,21,25)(H,22,23);1H. The van der Waals surface area contributed by atoms with Crippen LogP contribution in [0.5, 0.6) is 0 Å². The maximum absolute atomic E-state index is 12.7. The number of aromatic amines is 1. The molecule has 7 nitrogen and oxygen atoms in total. The summed E-state index contributed by atoms with van der Waals surface area (Å²) in [7, 11) is 1.62. The van der Waals surface area contributed by atoms with E-state index in [0.717, 1.165) is 46.6 Å². The van der Waals surface area contributed by atoms with E-state index in [0.29, 0.717) is 12.2 Å². The highest BCUT2D eigenvalue weighted by atomic mass is 35.5. The number of fused-ring (bicyclic) bond motifs is 1. The second kappa shape index (κ2) is 8.54. The molecule has 1 aromatic heterocycles. The van der Waals surface area contributed by atoms with Gasteiger partial charge in [0.2, 0.25) is 5.91 Å². The molecule has 3 N–H and O–H groups in total. The Morgan fingerprint density at radius 1 is 1.22 bits per heavy atom.